The highest BCUT2D eigenvalue weighted by molar-refractivity contribution is 6.02. The Morgan fingerprint density at radius 3 is 2.50 bits per heavy atom. The molecule has 1 aliphatic rings. The van der Waals surface area contributed by atoms with E-state index < -0.39 is 12.1 Å². The van der Waals surface area contributed by atoms with Gasteiger partial charge in [0.2, 0.25) is 0 Å². The van der Waals surface area contributed by atoms with Gasteiger partial charge in [0, 0.05) is 17.0 Å². The monoisotopic (exact) mass is 302 g/mol. The van der Waals surface area contributed by atoms with Gasteiger partial charge in [-0.25, -0.2) is 8.78 Å². The van der Waals surface area contributed by atoms with Crippen molar-refractivity contribution in [2.24, 2.45) is 0 Å². The Kier molecular flexibility index (Phi) is 3.92. The lowest BCUT2D eigenvalue weighted by Gasteiger charge is -2.14. The molecule has 0 aliphatic heterocycles. The third-order valence-electron chi connectivity index (χ3n) is 4.16. The van der Waals surface area contributed by atoms with E-state index in [2.05, 4.69) is 0 Å². The van der Waals surface area contributed by atoms with Crippen LogP contribution in [-0.4, -0.2) is 12.9 Å². The third-order valence-corrected chi connectivity index (χ3v) is 4.16. The molecular weight excluding hydrogens is 286 g/mol. The summed E-state index contributed by atoms with van der Waals surface area (Å²) in [5, 5.41) is 0. The Bertz CT molecular complexity index is 695. The predicted molar refractivity (Wildman–Crippen MR) is 79.5 cm³/mol. The van der Waals surface area contributed by atoms with Crippen molar-refractivity contribution in [1.82, 2.24) is 0 Å². The molecule has 2 unspecified atom stereocenters. The van der Waals surface area contributed by atoms with E-state index in [-0.39, 0.29) is 18.0 Å². The Morgan fingerprint density at radius 1 is 1.09 bits per heavy atom. The lowest BCUT2D eigenvalue weighted by atomic mass is 9.88. The van der Waals surface area contributed by atoms with E-state index >= 15 is 0 Å². The summed E-state index contributed by atoms with van der Waals surface area (Å²) in [4.78, 5) is 12.8. The van der Waals surface area contributed by atoms with Gasteiger partial charge in [-0.05, 0) is 48.7 Å². The highest BCUT2D eigenvalue weighted by Crippen LogP contribution is 2.39. The molecule has 3 rings (SSSR count). The summed E-state index contributed by atoms with van der Waals surface area (Å²) in [6.45, 7) is 0. The van der Waals surface area contributed by atoms with Gasteiger partial charge in [-0.15, -0.1) is 0 Å². The number of halogens is 2. The normalized spacial score (nSPS) is 21.1. The Balaban J connectivity index is 2.03. The number of benzene rings is 2. The van der Waals surface area contributed by atoms with Crippen LogP contribution in [0.3, 0.4) is 0 Å². The fourth-order valence-corrected chi connectivity index (χ4v) is 2.95. The number of Topliss-reactive ketones (excluding diaryl/α,β-unsaturated/α-hetero) is 1. The Labute approximate surface area is 127 Å². The van der Waals surface area contributed by atoms with Crippen molar-refractivity contribution in [3.63, 3.8) is 0 Å². The Hall–Kier alpha value is -2.23. The quantitative estimate of drug-likeness (QED) is 0.758. The number of hydrogen-bond donors (Lipinski definition) is 0. The molecule has 0 saturated carbocycles. The molecule has 0 radical (unpaired) electrons. The summed E-state index contributed by atoms with van der Waals surface area (Å²) in [6, 6.07) is 10.7. The minimum atomic E-state index is -1.19. The smallest absolute Gasteiger partial charge is 0.170 e. The van der Waals surface area contributed by atoms with Gasteiger partial charge >= 0.3 is 0 Å². The molecule has 0 saturated heterocycles. The summed E-state index contributed by atoms with van der Waals surface area (Å²) in [5.74, 6) is -0.370. The second-order valence-electron chi connectivity index (χ2n) is 5.47. The molecule has 0 heterocycles. The zero-order valence-corrected chi connectivity index (χ0v) is 12.2. The number of alkyl halides is 1. The molecule has 2 aromatic rings. The van der Waals surface area contributed by atoms with Gasteiger partial charge in [0.15, 0.2) is 5.78 Å². The van der Waals surface area contributed by atoms with E-state index in [0.29, 0.717) is 23.3 Å². The minimum Gasteiger partial charge on any atom is -0.497 e. The van der Waals surface area contributed by atoms with Crippen molar-refractivity contribution in [2.75, 3.05) is 7.11 Å². The van der Waals surface area contributed by atoms with Crippen LogP contribution in [-0.2, 0) is 0 Å². The maximum absolute atomic E-state index is 14.4. The number of hydrogen-bond acceptors (Lipinski definition) is 2. The van der Waals surface area contributed by atoms with E-state index in [4.69, 9.17) is 4.74 Å². The van der Waals surface area contributed by atoms with Crippen LogP contribution in [0.2, 0.25) is 0 Å². The summed E-state index contributed by atoms with van der Waals surface area (Å²) in [5.41, 5.74) is 1.50. The number of carbonyl (C=O) groups excluding carboxylic acids is 1. The highest BCUT2D eigenvalue weighted by Gasteiger charge is 2.31. The molecule has 0 bridgehead atoms. The van der Waals surface area contributed by atoms with Crippen LogP contribution in [0.1, 0.15) is 46.4 Å². The fraction of sp³-hybridized carbons (Fsp3) is 0.278. The van der Waals surface area contributed by atoms with Crippen LogP contribution in [0.15, 0.2) is 42.5 Å². The van der Waals surface area contributed by atoms with Crippen LogP contribution >= 0.6 is 0 Å². The molecule has 2 nitrogen and oxygen atoms in total. The fourth-order valence-electron chi connectivity index (χ4n) is 2.95. The molecule has 2 atom stereocenters. The van der Waals surface area contributed by atoms with E-state index in [1.807, 2.05) is 0 Å². The predicted octanol–water partition coefficient (Wildman–Crippen LogP) is 4.61. The van der Waals surface area contributed by atoms with Crippen molar-refractivity contribution in [2.45, 2.75) is 24.9 Å². The SMILES string of the molecule is COc1ccc2c(c1)C(F)CCC(c1ccc(F)cc1)C2=O. The zero-order chi connectivity index (χ0) is 15.7. The summed E-state index contributed by atoms with van der Waals surface area (Å²) in [7, 11) is 1.51. The standard InChI is InChI=1S/C18H16F2O2/c1-22-13-6-7-15-16(10-13)17(20)9-8-14(18(15)21)11-2-4-12(19)5-3-11/h2-7,10,14,17H,8-9H2,1H3. The number of ketones is 1. The average Bonchev–Trinajstić information content (AvgIpc) is 2.66. The molecule has 114 valence electrons. The maximum Gasteiger partial charge on any atom is 0.170 e. The molecule has 4 heteroatoms. The molecule has 0 N–H and O–H groups in total. The molecular formula is C18H16F2O2. The van der Waals surface area contributed by atoms with Gasteiger partial charge in [0.25, 0.3) is 0 Å². The molecule has 0 amide bonds. The van der Waals surface area contributed by atoms with Crippen molar-refractivity contribution >= 4 is 5.78 Å². The minimum absolute atomic E-state index is 0.121. The molecule has 22 heavy (non-hydrogen) atoms. The topological polar surface area (TPSA) is 26.3 Å². The van der Waals surface area contributed by atoms with Crippen molar-refractivity contribution in [1.29, 1.82) is 0 Å². The molecule has 2 aromatic carbocycles. The maximum atomic E-state index is 14.4. The first kappa shape index (κ1) is 14.7. The van der Waals surface area contributed by atoms with Gasteiger partial charge in [0.1, 0.15) is 17.7 Å². The van der Waals surface area contributed by atoms with Crippen LogP contribution in [0.4, 0.5) is 8.78 Å². The van der Waals surface area contributed by atoms with Crippen LogP contribution in [0.25, 0.3) is 0 Å². The molecule has 0 aromatic heterocycles. The van der Waals surface area contributed by atoms with Crippen molar-refractivity contribution in [3.8, 4) is 5.75 Å². The largest absolute Gasteiger partial charge is 0.497 e. The van der Waals surface area contributed by atoms with Crippen molar-refractivity contribution in [3.05, 3.63) is 65.0 Å². The summed E-state index contributed by atoms with van der Waals surface area (Å²) < 4.78 is 32.6. The summed E-state index contributed by atoms with van der Waals surface area (Å²) in [6.07, 6.45) is -0.532. The van der Waals surface area contributed by atoms with Gasteiger partial charge in [-0.3, -0.25) is 4.79 Å². The van der Waals surface area contributed by atoms with E-state index in [9.17, 15) is 13.6 Å². The average molecular weight is 302 g/mol. The van der Waals surface area contributed by atoms with Gasteiger partial charge in [0.05, 0.1) is 7.11 Å². The van der Waals surface area contributed by atoms with E-state index in [1.165, 1.54) is 19.2 Å². The van der Waals surface area contributed by atoms with Crippen LogP contribution in [0, 0.1) is 5.82 Å². The third kappa shape index (κ3) is 2.61. The van der Waals surface area contributed by atoms with Crippen LogP contribution in [0.5, 0.6) is 5.75 Å². The number of carbonyl (C=O) groups is 1. The van der Waals surface area contributed by atoms with E-state index in [0.717, 1.165) is 5.56 Å². The second kappa shape index (κ2) is 5.87. The second-order valence-corrected chi connectivity index (χ2v) is 5.47. The molecule has 0 spiro atoms. The first-order valence-electron chi connectivity index (χ1n) is 7.22. The molecule has 0 fully saturated rings. The van der Waals surface area contributed by atoms with E-state index in [1.54, 1.807) is 30.3 Å². The number of fused-ring (bicyclic) bond motifs is 1. The van der Waals surface area contributed by atoms with Gasteiger partial charge in [-0.1, -0.05) is 12.1 Å². The zero-order valence-electron chi connectivity index (χ0n) is 12.2. The number of methoxy groups -OCH3 is 1. The lowest BCUT2D eigenvalue weighted by molar-refractivity contribution is 0.0957. The number of ether oxygens (including phenoxy) is 1. The van der Waals surface area contributed by atoms with Gasteiger partial charge in [-0.2, -0.15) is 0 Å². The number of rotatable bonds is 2. The van der Waals surface area contributed by atoms with Crippen LogP contribution < -0.4 is 4.74 Å². The Morgan fingerprint density at radius 2 is 1.82 bits per heavy atom. The molecule has 1 aliphatic carbocycles. The highest BCUT2D eigenvalue weighted by atomic mass is 19.1. The lowest BCUT2D eigenvalue weighted by Crippen LogP contribution is -2.12. The first-order valence-corrected chi connectivity index (χ1v) is 7.22. The first-order chi connectivity index (χ1) is 10.6. The van der Waals surface area contributed by atoms with Gasteiger partial charge < -0.3 is 4.74 Å². The van der Waals surface area contributed by atoms with Crippen molar-refractivity contribution < 1.29 is 18.3 Å². The summed E-state index contributed by atoms with van der Waals surface area (Å²) >= 11 is 0.